The first-order valence-electron chi connectivity index (χ1n) is 4.04. The smallest absolute Gasteiger partial charge is 0.161 e. The first-order chi connectivity index (χ1) is 4.93. The van der Waals surface area contributed by atoms with Gasteiger partial charge < -0.3 is 9.47 Å². The molecule has 4 atom stereocenters. The maximum absolute atomic E-state index is 5.60. The fourth-order valence-electron chi connectivity index (χ4n) is 2.35. The van der Waals surface area contributed by atoms with Crippen molar-refractivity contribution in [3.05, 3.63) is 6.42 Å². The Morgan fingerprint density at radius 2 is 2.40 bits per heavy atom. The van der Waals surface area contributed by atoms with Crippen LogP contribution >= 0.6 is 0 Å². The average Bonchev–Trinajstić information content (AvgIpc) is 2.38. The van der Waals surface area contributed by atoms with Crippen LogP contribution in [0.2, 0.25) is 0 Å². The van der Waals surface area contributed by atoms with Crippen LogP contribution < -0.4 is 0 Å². The standard InChI is InChI=1S/C8H11O2/c1-2-6-3-7-5(1)4-9-8(7)10-6/h2,5-8H,1,3-4H2/t5-,6?,7-,8-/m0/s1. The first-order valence-corrected chi connectivity index (χ1v) is 4.04. The molecule has 3 rings (SSSR count). The molecule has 2 nitrogen and oxygen atoms in total. The Hall–Kier alpha value is -0.0800. The van der Waals surface area contributed by atoms with Gasteiger partial charge >= 0.3 is 0 Å². The highest BCUT2D eigenvalue weighted by atomic mass is 16.7. The van der Waals surface area contributed by atoms with Crippen molar-refractivity contribution in [2.45, 2.75) is 25.2 Å². The largest absolute Gasteiger partial charge is 0.352 e. The molecule has 0 aromatic carbocycles. The Kier molecular flexibility index (Phi) is 0.968. The third-order valence-electron chi connectivity index (χ3n) is 2.94. The van der Waals surface area contributed by atoms with Crippen molar-refractivity contribution in [3.63, 3.8) is 0 Å². The van der Waals surface area contributed by atoms with E-state index in [2.05, 4.69) is 6.42 Å². The van der Waals surface area contributed by atoms with Crippen molar-refractivity contribution in [3.8, 4) is 0 Å². The molecule has 1 aliphatic carbocycles. The molecule has 2 bridgehead atoms. The van der Waals surface area contributed by atoms with Crippen molar-refractivity contribution < 1.29 is 9.47 Å². The predicted octanol–water partition coefficient (Wildman–Crippen LogP) is 0.972. The minimum absolute atomic E-state index is 0.161. The van der Waals surface area contributed by atoms with E-state index >= 15 is 0 Å². The molecule has 0 aromatic rings. The Labute approximate surface area is 60.5 Å². The van der Waals surface area contributed by atoms with Crippen molar-refractivity contribution >= 4 is 0 Å². The molecule has 1 radical (unpaired) electrons. The van der Waals surface area contributed by atoms with Gasteiger partial charge in [0.2, 0.25) is 0 Å². The highest BCUT2D eigenvalue weighted by Gasteiger charge is 2.48. The number of hydrogen-bond donors (Lipinski definition) is 0. The Bertz CT molecular complexity index is 149. The van der Waals surface area contributed by atoms with Gasteiger partial charge in [-0.25, -0.2) is 0 Å². The molecular weight excluding hydrogens is 128 g/mol. The summed E-state index contributed by atoms with van der Waals surface area (Å²) in [7, 11) is 0. The van der Waals surface area contributed by atoms with Gasteiger partial charge in [-0.15, -0.1) is 0 Å². The van der Waals surface area contributed by atoms with Gasteiger partial charge in [-0.2, -0.15) is 0 Å². The average molecular weight is 139 g/mol. The van der Waals surface area contributed by atoms with Crippen LogP contribution in [0.5, 0.6) is 0 Å². The SMILES string of the molecule is [CH]1C[C@H]2CO[C@H]3OC1C[C@@H]23. The summed E-state index contributed by atoms with van der Waals surface area (Å²) >= 11 is 0. The lowest BCUT2D eigenvalue weighted by Gasteiger charge is -2.21. The predicted molar refractivity (Wildman–Crippen MR) is 35.1 cm³/mol. The quantitative estimate of drug-likeness (QED) is 0.498. The van der Waals surface area contributed by atoms with Crippen LogP contribution in [0.3, 0.4) is 0 Å². The molecule has 0 N–H and O–H groups in total. The van der Waals surface area contributed by atoms with Crippen LogP contribution in [0.25, 0.3) is 0 Å². The van der Waals surface area contributed by atoms with Gasteiger partial charge in [0.25, 0.3) is 0 Å². The summed E-state index contributed by atoms with van der Waals surface area (Å²) in [5.74, 6) is 1.51. The molecule has 55 valence electrons. The van der Waals surface area contributed by atoms with Gasteiger partial charge in [-0.05, 0) is 25.2 Å². The molecule has 0 spiro atoms. The molecule has 2 aliphatic heterocycles. The third-order valence-corrected chi connectivity index (χ3v) is 2.94. The molecule has 2 heteroatoms. The molecule has 10 heavy (non-hydrogen) atoms. The lowest BCUT2D eigenvalue weighted by atomic mass is 9.82. The first kappa shape index (κ1) is 5.56. The second kappa shape index (κ2) is 1.74. The Morgan fingerprint density at radius 1 is 1.40 bits per heavy atom. The van der Waals surface area contributed by atoms with E-state index in [1.165, 1.54) is 12.8 Å². The number of ether oxygens (including phenoxy) is 2. The van der Waals surface area contributed by atoms with E-state index in [9.17, 15) is 0 Å². The lowest BCUT2D eigenvalue weighted by Crippen LogP contribution is -2.20. The van der Waals surface area contributed by atoms with E-state index in [0.717, 1.165) is 18.4 Å². The van der Waals surface area contributed by atoms with Gasteiger partial charge in [0.05, 0.1) is 12.7 Å². The molecular formula is C8H11O2. The van der Waals surface area contributed by atoms with E-state index in [1.807, 2.05) is 0 Å². The van der Waals surface area contributed by atoms with Crippen molar-refractivity contribution in [1.29, 1.82) is 0 Å². The van der Waals surface area contributed by atoms with Crippen molar-refractivity contribution in [2.75, 3.05) is 6.61 Å². The fourth-order valence-corrected chi connectivity index (χ4v) is 2.35. The normalized spacial score (nSPS) is 57.6. The van der Waals surface area contributed by atoms with Crippen LogP contribution in [0.15, 0.2) is 0 Å². The monoisotopic (exact) mass is 139 g/mol. The van der Waals surface area contributed by atoms with Gasteiger partial charge in [0.1, 0.15) is 0 Å². The molecule has 1 unspecified atom stereocenters. The van der Waals surface area contributed by atoms with Gasteiger partial charge in [0, 0.05) is 5.92 Å². The summed E-state index contributed by atoms with van der Waals surface area (Å²) in [6.45, 7) is 0.929. The number of fused-ring (bicyclic) bond motifs is 1. The van der Waals surface area contributed by atoms with E-state index in [4.69, 9.17) is 9.47 Å². The molecule has 0 aromatic heterocycles. The van der Waals surface area contributed by atoms with Crippen molar-refractivity contribution in [1.82, 2.24) is 0 Å². The summed E-state index contributed by atoms with van der Waals surface area (Å²) in [4.78, 5) is 0. The summed E-state index contributed by atoms with van der Waals surface area (Å²) in [5.41, 5.74) is 0. The Morgan fingerprint density at radius 3 is 3.40 bits per heavy atom. The zero-order valence-electron chi connectivity index (χ0n) is 5.82. The zero-order valence-corrected chi connectivity index (χ0v) is 5.82. The van der Waals surface area contributed by atoms with Crippen LogP contribution in [0.1, 0.15) is 12.8 Å². The second-order valence-corrected chi connectivity index (χ2v) is 3.51. The van der Waals surface area contributed by atoms with E-state index in [0.29, 0.717) is 6.10 Å². The minimum Gasteiger partial charge on any atom is -0.352 e. The van der Waals surface area contributed by atoms with Crippen LogP contribution in [0, 0.1) is 18.3 Å². The summed E-state index contributed by atoms with van der Waals surface area (Å²) < 4.78 is 11.1. The van der Waals surface area contributed by atoms with Crippen molar-refractivity contribution in [2.24, 2.45) is 11.8 Å². The molecule has 2 heterocycles. The van der Waals surface area contributed by atoms with E-state index < -0.39 is 0 Å². The van der Waals surface area contributed by atoms with Crippen LogP contribution in [0.4, 0.5) is 0 Å². The highest BCUT2D eigenvalue weighted by Crippen LogP contribution is 2.45. The number of hydrogen-bond acceptors (Lipinski definition) is 2. The summed E-state index contributed by atoms with van der Waals surface area (Å²) in [6, 6.07) is 0. The van der Waals surface area contributed by atoms with Gasteiger partial charge in [-0.1, -0.05) is 0 Å². The Balaban J connectivity index is 1.94. The highest BCUT2D eigenvalue weighted by molar-refractivity contribution is 4.99. The maximum atomic E-state index is 5.60. The maximum Gasteiger partial charge on any atom is 0.161 e. The second-order valence-electron chi connectivity index (χ2n) is 3.51. The van der Waals surface area contributed by atoms with Crippen LogP contribution in [-0.4, -0.2) is 19.0 Å². The van der Waals surface area contributed by atoms with Gasteiger partial charge in [-0.3, -0.25) is 0 Å². The molecule has 0 amide bonds. The topological polar surface area (TPSA) is 18.5 Å². The molecule has 3 aliphatic rings. The lowest BCUT2D eigenvalue weighted by molar-refractivity contribution is -0.111. The summed E-state index contributed by atoms with van der Waals surface area (Å²) in [6.07, 6.45) is 5.32. The molecule has 1 saturated carbocycles. The summed E-state index contributed by atoms with van der Waals surface area (Å²) in [5, 5.41) is 0. The van der Waals surface area contributed by atoms with Gasteiger partial charge in [0.15, 0.2) is 6.29 Å². The van der Waals surface area contributed by atoms with Crippen LogP contribution in [-0.2, 0) is 9.47 Å². The number of rotatable bonds is 0. The van der Waals surface area contributed by atoms with E-state index in [-0.39, 0.29) is 6.29 Å². The molecule has 2 saturated heterocycles. The minimum atomic E-state index is 0.161. The van der Waals surface area contributed by atoms with E-state index in [1.54, 1.807) is 0 Å². The molecule has 3 fully saturated rings. The fraction of sp³-hybridized carbons (Fsp3) is 0.875. The third kappa shape index (κ3) is 0.565. The zero-order chi connectivity index (χ0) is 6.55.